The van der Waals surface area contributed by atoms with Crippen molar-refractivity contribution >= 4 is 11.4 Å². The summed E-state index contributed by atoms with van der Waals surface area (Å²) in [6, 6.07) is 3.27. The Morgan fingerprint density at radius 3 is 2.88 bits per heavy atom. The highest BCUT2D eigenvalue weighted by Gasteiger charge is 2.15. The van der Waals surface area contributed by atoms with Gasteiger partial charge in [-0.2, -0.15) is 0 Å². The lowest BCUT2D eigenvalue weighted by Gasteiger charge is -2.10. The topological polar surface area (TPSA) is 75.4 Å². The van der Waals surface area contributed by atoms with E-state index in [1.807, 2.05) is 0 Å². The fraction of sp³-hybridized carbons (Fsp3) is 0.400. The largest absolute Gasteiger partial charge is 0.391 e. The minimum Gasteiger partial charge on any atom is -0.391 e. The molecule has 0 aliphatic rings. The van der Waals surface area contributed by atoms with Gasteiger partial charge in [0.05, 0.1) is 17.1 Å². The van der Waals surface area contributed by atoms with Gasteiger partial charge in [0, 0.05) is 6.54 Å². The highest BCUT2D eigenvalue weighted by molar-refractivity contribution is 5.61. The van der Waals surface area contributed by atoms with Crippen molar-refractivity contribution in [2.24, 2.45) is 0 Å². The van der Waals surface area contributed by atoms with Gasteiger partial charge in [-0.1, -0.05) is 6.92 Å². The Morgan fingerprint density at radius 2 is 2.31 bits per heavy atom. The lowest BCUT2D eigenvalue weighted by molar-refractivity contribution is -0.384. The number of hydrogen-bond donors (Lipinski definition) is 2. The number of aliphatic hydroxyl groups excluding tert-OH is 1. The Hall–Kier alpha value is -1.69. The number of nitro groups is 1. The maximum absolute atomic E-state index is 12.8. The van der Waals surface area contributed by atoms with Crippen LogP contribution in [0.4, 0.5) is 15.8 Å². The SMILES string of the molecule is CCC(O)CNc1ccc(F)cc1[N+](=O)[O-]. The smallest absolute Gasteiger partial charge is 0.295 e. The van der Waals surface area contributed by atoms with Crippen molar-refractivity contribution in [3.8, 4) is 0 Å². The van der Waals surface area contributed by atoms with Gasteiger partial charge >= 0.3 is 0 Å². The second kappa shape index (κ2) is 5.41. The predicted octanol–water partition coefficient (Wildman–Crippen LogP) is 1.92. The number of rotatable bonds is 5. The Kier molecular flexibility index (Phi) is 4.19. The van der Waals surface area contributed by atoms with E-state index in [9.17, 15) is 19.6 Å². The van der Waals surface area contributed by atoms with E-state index in [1.165, 1.54) is 6.07 Å². The summed E-state index contributed by atoms with van der Waals surface area (Å²) in [5.74, 6) is -0.659. The predicted molar refractivity (Wildman–Crippen MR) is 57.8 cm³/mol. The maximum Gasteiger partial charge on any atom is 0.295 e. The third-order valence-corrected chi connectivity index (χ3v) is 2.16. The molecule has 0 bridgehead atoms. The molecule has 1 aromatic rings. The van der Waals surface area contributed by atoms with Gasteiger partial charge < -0.3 is 10.4 Å². The first-order chi connectivity index (χ1) is 7.54. The summed E-state index contributed by atoms with van der Waals surface area (Å²) in [6.45, 7) is 1.99. The zero-order valence-electron chi connectivity index (χ0n) is 8.81. The normalized spacial score (nSPS) is 12.2. The van der Waals surface area contributed by atoms with E-state index >= 15 is 0 Å². The van der Waals surface area contributed by atoms with Crippen LogP contribution >= 0.6 is 0 Å². The third-order valence-electron chi connectivity index (χ3n) is 2.16. The van der Waals surface area contributed by atoms with Crippen LogP contribution in [0.5, 0.6) is 0 Å². The molecule has 0 aliphatic carbocycles. The van der Waals surface area contributed by atoms with Crippen LogP contribution in [-0.4, -0.2) is 22.7 Å². The van der Waals surface area contributed by atoms with Gasteiger partial charge in [-0.15, -0.1) is 0 Å². The summed E-state index contributed by atoms with van der Waals surface area (Å²) in [5, 5.41) is 22.6. The van der Waals surface area contributed by atoms with Crippen molar-refractivity contribution in [1.29, 1.82) is 0 Å². The number of aliphatic hydroxyl groups is 1. The van der Waals surface area contributed by atoms with Crippen LogP contribution in [0.25, 0.3) is 0 Å². The van der Waals surface area contributed by atoms with E-state index in [0.29, 0.717) is 6.42 Å². The van der Waals surface area contributed by atoms with Gasteiger partial charge in [0.1, 0.15) is 11.5 Å². The number of nitrogens with zero attached hydrogens (tertiary/aromatic N) is 1. The highest BCUT2D eigenvalue weighted by atomic mass is 19.1. The average molecular weight is 228 g/mol. The van der Waals surface area contributed by atoms with Crippen molar-refractivity contribution in [2.45, 2.75) is 19.4 Å². The van der Waals surface area contributed by atoms with Crippen LogP contribution in [0.1, 0.15) is 13.3 Å². The molecule has 0 fully saturated rings. The molecule has 2 N–H and O–H groups in total. The van der Waals surface area contributed by atoms with Gasteiger partial charge in [0.25, 0.3) is 5.69 Å². The fourth-order valence-corrected chi connectivity index (χ4v) is 1.18. The van der Waals surface area contributed by atoms with E-state index in [-0.39, 0.29) is 17.9 Å². The molecular weight excluding hydrogens is 215 g/mol. The summed E-state index contributed by atoms with van der Waals surface area (Å²) in [4.78, 5) is 9.96. The summed E-state index contributed by atoms with van der Waals surface area (Å²) < 4.78 is 12.8. The zero-order chi connectivity index (χ0) is 12.1. The van der Waals surface area contributed by atoms with E-state index < -0.39 is 16.8 Å². The number of benzene rings is 1. The second-order valence-corrected chi connectivity index (χ2v) is 3.36. The molecular formula is C10H13FN2O3. The molecule has 6 heteroatoms. The van der Waals surface area contributed by atoms with Crippen LogP contribution in [0.3, 0.4) is 0 Å². The van der Waals surface area contributed by atoms with Crippen molar-refractivity contribution in [1.82, 2.24) is 0 Å². The van der Waals surface area contributed by atoms with Crippen LogP contribution in [0.2, 0.25) is 0 Å². The standard InChI is InChI=1S/C10H13FN2O3/c1-2-8(14)6-12-9-4-3-7(11)5-10(9)13(15)16/h3-5,8,12,14H,2,6H2,1H3. The Labute approximate surface area is 92.1 Å². The summed E-state index contributed by atoms with van der Waals surface area (Å²) in [6.07, 6.45) is -0.0354. The van der Waals surface area contributed by atoms with Crippen molar-refractivity contribution in [3.63, 3.8) is 0 Å². The molecule has 0 spiro atoms. The van der Waals surface area contributed by atoms with Crippen LogP contribution < -0.4 is 5.32 Å². The number of halogens is 1. The van der Waals surface area contributed by atoms with Crippen molar-refractivity contribution < 1.29 is 14.4 Å². The number of nitrogens with one attached hydrogen (secondary N) is 1. The molecule has 16 heavy (non-hydrogen) atoms. The third kappa shape index (κ3) is 3.16. The quantitative estimate of drug-likeness (QED) is 0.596. The lowest BCUT2D eigenvalue weighted by Crippen LogP contribution is -2.18. The molecule has 0 saturated heterocycles. The maximum atomic E-state index is 12.8. The molecule has 1 atom stereocenters. The molecule has 0 aliphatic heterocycles. The fourth-order valence-electron chi connectivity index (χ4n) is 1.18. The Bertz CT molecular complexity index is 384. The summed E-state index contributed by atoms with van der Waals surface area (Å²) in [7, 11) is 0. The molecule has 0 saturated carbocycles. The molecule has 5 nitrogen and oxygen atoms in total. The van der Waals surface area contributed by atoms with Crippen LogP contribution in [-0.2, 0) is 0 Å². The monoisotopic (exact) mass is 228 g/mol. The molecule has 1 unspecified atom stereocenters. The average Bonchev–Trinajstić information content (AvgIpc) is 2.26. The Morgan fingerprint density at radius 1 is 1.62 bits per heavy atom. The first-order valence-electron chi connectivity index (χ1n) is 4.90. The number of hydrogen-bond acceptors (Lipinski definition) is 4. The first kappa shape index (κ1) is 12.4. The van der Waals surface area contributed by atoms with E-state index in [1.54, 1.807) is 6.92 Å². The number of anilines is 1. The minimum absolute atomic E-state index is 0.197. The first-order valence-corrected chi connectivity index (χ1v) is 4.90. The van der Waals surface area contributed by atoms with Crippen molar-refractivity contribution in [3.05, 3.63) is 34.1 Å². The molecule has 0 aromatic heterocycles. The Balaban J connectivity index is 2.82. The molecule has 0 heterocycles. The second-order valence-electron chi connectivity index (χ2n) is 3.36. The van der Waals surface area contributed by atoms with Gasteiger partial charge in [-0.05, 0) is 18.6 Å². The molecule has 88 valence electrons. The zero-order valence-corrected chi connectivity index (χ0v) is 8.81. The molecule has 0 radical (unpaired) electrons. The van der Waals surface area contributed by atoms with Gasteiger partial charge in [-0.3, -0.25) is 10.1 Å². The van der Waals surface area contributed by atoms with Gasteiger partial charge in [-0.25, -0.2) is 4.39 Å². The van der Waals surface area contributed by atoms with Gasteiger partial charge in [0.15, 0.2) is 0 Å². The summed E-state index contributed by atoms with van der Waals surface area (Å²) in [5.41, 5.74) is -0.123. The number of nitro benzene ring substituents is 1. The molecule has 1 aromatic carbocycles. The van der Waals surface area contributed by atoms with Crippen molar-refractivity contribution in [2.75, 3.05) is 11.9 Å². The van der Waals surface area contributed by atoms with Crippen LogP contribution in [0, 0.1) is 15.9 Å². The molecule has 1 rings (SSSR count). The minimum atomic E-state index is -0.663. The van der Waals surface area contributed by atoms with E-state index in [2.05, 4.69) is 5.32 Å². The van der Waals surface area contributed by atoms with Gasteiger partial charge in [0.2, 0.25) is 0 Å². The van der Waals surface area contributed by atoms with E-state index in [4.69, 9.17) is 0 Å². The van der Waals surface area contributed by atoms with Crippen LogP contribution in [0.15, 0.2) is 18.2 Å². The summed E-state index contributed by atoms with van der Waals surface area (Å²) >= 11 is 0. The molecule has 0 amide bonds. The highest BCUT2D eigenvalue weighted by Crippen LogP contribution is 2.24. The lowest BCUT2D eigenvalue weighted by atomic mass is 10.2. The van der Waals surface area contributed by atoms with E-state index in [0.717, 1.165) is 12.1 Å².